The van der Waals surface area contributed by atoms with E-state index in [1.807, 2.05) is 17.1 Å². The van der Waals surface area contributed by atoms with E-state index >= 15 is 0 Å². The molecule has 1 saturated heterocycles. The van der Waals surface area contributed by atoms with E-state index in [4.69, 9.17) is 5.11 Å². The van der Waals surface area contributed by atoms with Gasteiger partial charge in [0.2, 0.25) is 5.91 Å². The van der Waals surface area contributed by atoms with Crippen LogP contribution in [0.15, 0.2) is 36.4 Å². The quantitative estimate of drug-likeness (QED) is 0.496. The summed E-state index contributed by atoms with van der Waals surface area (Å²) in [7, 11) is 0. The summed E-state index contributed by atoms with van der Waals surface area (Å²) in [5.74, 6) is -0.795. The van der Waals surface area contributed by atoms with Crippen LogP contribution in [0.3, 0.4) is 0 Å². The average Bonchev–Trinajstić information content (AvgIpc) is 2.98. The number of likely N-dealkylation sites (tertiary alicyclic amines) is 1. The second-order valence-electron chi connectivity index (χ2n) is 6.89. The van der Waals surface area contributed by atoms with Crippen LogP contribution in [0.5, 0.6) is 0 Å². The number of aliphatic hydroxyl groups excluding tert-OH is 1. The zero-order valence-electron chi connectivity index (χ0n) is 15.4. The fourth-order valence-electron chi connectivity index (χ4n) is 3.27. The number of aromatic carboxylic acids is 1. The Bertz CT molecular complexity index is 623. The van der Waals surface area contributed by atoms with Crippen LogP contribution in [0.1, 0.15) is 61.4 Å². The van der Waals surface area contributed by atoms with E-state index in [0.717, 1.165) is 37.7 Å². The van der Waals surface area contributed by atoms with Crippen molar-refractivity contribution in [3.05, 3.63) is 47.5 Å². The number of benzene rings is 1. The molecule has 26 heavy (non-hydrogen) atoms. The van der Waals surface area contributed by atoms with Gasteiger partial charge in [0.15, 0.2) is 0 Å². The highest BCUT2D eigenvalue weighted by Gasteiger charge is 2.28. The first-order valence-electron chi connectivity index (χ1n) is 9.49. The summed E-state index contributed by atoms with van der Waals surface area (Å²) in [6.07, 6.45) is 9.41. The number of nitrogens with zero attached hydrogens (tertiary/aromatic N) is 1. The summed E-state index contributed by atoms with van der Waals surface area (Å²) in [4.78, 5) is 24.9. The summed E-state index contributed by atoms with van der Waals surface area (Å²) in [6.45, 7) is 2.74. The molecule has 0 saturated carbocycles. The zero-order valence-corrected chi connectivity index (χ0v) is 15.4. The normalized spacial score (nSPS) is 18.6. The number of unbranched alkanes of at least 4 members (excludes halogenated alkanes) is 2. The standard InChI is InChI=1S/C21H29NO4/c1-2-3-4-5-19(23)12-10-18-11-13-20(24)22(18)15-14-16-6-8-17(9-7-16)21(25)26/h6-10,12,18-19,23H,2-5,11,13-15H2,1H3,(H,25,26)/b12-10+/t18?,19-/m1/s1. The Kier molecular flexibility index (Phi) is 7.85. The molecule has 0 radical (unpaired) electrons. The fraction of sp³-hybridized carbons (Fsp3) is 0.524. The van der Waals surface area contributed by atoms with E-state index < -0.39 is 12.1 Å². The van der Waals surface area contributed by atoms with Gasteiger partial charge in [-0.15, -0.1) is 0 Å². The van der Waals surface area contributed by atoms with Crippen LogP contribution < -0.4 is 0 Å². The highest BCUT2D eigenvalue weighted by atomic mass is 16.4. The molecular weight excluding hydrogens is 330 g/mol. The number of aliphatic hydroxyl groups is 1. The average molecular weight is 359 g/mol. The van der Waals surface area contributed by atoms with Crippen molar-refractivity contribution in [2.45, 2.75) is 64.0 Å². The number of hydrogen-bond acceptors (Lipinski definition) is 3. The van der Waals surface area contributed by atoms with Crippen molar-refractivity contribution in [3.8, 4) is 0 Å². The van der Waals surface area contributed by atoms with E-state index in [9.17, 15) is 14.7 Å². The first-order chi connectivity index (χ1) is 12.5. The smallest absolute Gasteiger partial charge is 0.335 e. The van der Waals surface area contributed by atoms with Crippen LogP contribution >= 0.6 is 0 Å². The predicted molar refractivity (Wildman–Crippen MR) is 101 cm³/mol. The van der Waals surface area contributed by atoms with Gasteiger partial charge in [0.1, 0.15) is 0 Å². The van der Waals surface area contributed by atoms with E-state index in [1.165, 1.54) is 0 Å². The molecule has 2 rings (SSSR count). The van der Waals surface area contributed by atoms with E-state index in [1.54, 1.807) is 24.3 Å². The van der Waals surface area contributed by atoms with Gasteiger partial charge in [-0.3, -0.25) is 4.79 Å². The molecule has 0 bridgehead atoms. The van der Waals surface area contributed by atoms with Crippen molar-refractivity contribution in [1.29, 1.82) is 0 Å². The van der Waals surface area contributed by atoms with Gasteiger partial charge in [0.05, 0.1) is 17.7 Å². The van der Waals surface area contributed by atoms with E-state index in [-0.39, 0.29) is 17.5 Å². The lowest BCUT2D eigenvalue weighted by molar-refractivity contribution is -0.128. The summed E-state index contributed by atoms with van der Waals surface area (Å²) in [5, 5.41) is 19.0. The van der Waals surface area contributed by atoms with Gasteiger partial charge in [-0.1, -0.05) is 50.5 Å². The summed E-state index contributed by atoms with van der Waals surface area (Å²) in [5.41, 5.74) is 1.28. The number of hydrogen-bond donors (Lipinski definition) is 2. The molecule has 1 fully saturated rings. The Balaban J connectivity index is 1.87. The van der Waals surface area contributed by atoms with Crippen molar-refractivity contribution in [3.63, 3.8) is 0 Å². The molecule has 1 unspecified atom stereocenters. The number of rotatable bonds is 10. The molecule has 0 aromatic heterocycles. The monoisotopic (exact) mass is 359 g/mol. The van der Waals surface area contributed by atoms with Crippen molar-refractivity contribution in [1.82, 2.24) is 4.90 Å². The summed E-state index contributed by atoms with van der Waals surface area (Å²) < 4.78 is 0. The molecule has 0 spiro atoms. The van der Waals surface area contributed by atoms with Gasteiger partial charge in [0, 0.05) is 13.0 Å². The van der Waals surface area contributed by atoms with Crippen LogP contribution in [0.25, 0.3) is 0 Å². The number of amides is 1. The number of carbonyl (C=O) groups excluding carboxylic acids is 1. The predicted octanol–water partition coefficient (Wildman–Crippen LogP) is 3.42. The van der Waals surface area contributed by atoms with Crippen LogP contribution in [-0.4, -0.2) is 45.7 Å². The third-order valence-corrected chi connectivity index (χ3v) is 4.88. The topological polar surface area (TPSA) is 77.8 Å². The van der Waals surface area contributed by atoms with E-state index in [2.05, 4.69) is 6.92 Å². The number of carboxylic acid groups (broad SMARTS) is 1. The van der Waals surface area contributed by atoms with E-state index in [0.29, 0.717) is 19.4 Å². The van der Waals surface area contributed by atoms with Gasteiger partial charge >= 0.3 is 5.97 Å². The summed E-state index contributed by atoms with van der Waals surface area (Å²) in [6, 6.07) is 6.82. The summed E-state index contributed by atoms with van der Waals surface area (Å²) >= 11 is 0. The number of carbonyl (C=O) groups is 2. The number of carboxylic acids is 1. The maximum atomic E-state index is 12.2. The minimum atomic E-state index is -0.936. The van der Waals surface area contributed by atoms with Gasteiger partial charge in [-0.2, -0.15) is 0 Å². The van der Waals surface area contributed by atoms with Crippen LogP contribution in [0.2, 0.25) is 0 Å². The van der Waals surface area contributed by atoms with Gasteiger partial charge in [0.25, 0.3) is 0 Å². The van der Waals surface area contributed by atoms with Crippen LogP contribution in [-0.2, 0) is 11.2 Å². The molecule has 1 aromatic rings. The Morgan fingerprint density at radius 2 is 2.04 bits per heavy atom. The van der Waals surface area contributed by atoms with Crippen LogP contribution in [0.4, 0.5) is 0 Å². The zero-order chi connectivity index (χ0) is 18.9. The first kappa shape index (κ1) is 20.2. The molecule has 1 heterocycles. The molecule has 1 aliphatic rings. The molecule has 5 heteroatoms. The minimum Gasteiger partial charge on any atom is -0.478 e. The second-order valence-corrected chi connectivity index (χ2v) is 6.89. The molecule has 2 N–H and O–H groups in total. The Morgan fingerprint density at radius 1 is 1.31 bits per heavy atom. The Morgan fingerprint density at radius 3 is 2.69 bits per heavy atom. The second kappa shape index (κ2) is 10.1. The fourth-order valence-corrected chi connectivity index (χ4v) is 3.27. The highest BCUT2D eigenvalue weighted by Crippen LogP contribution is 2.21. The molecule has 1 amide bonds. The lowest BCUT2D eigenvalue weighted by Gasteiger charge is -2.22. The minimum absolute atomic E-state index is 0.0432. The Hall–Kier alpha value is -2.14. The van der Waals surface area contributed by atoms with Crippen molar-refractivity contribution >= 4 is 11.9 Å². The largest absolute Gasteiger partial charge is 0.478 e. The Labute approximate surface area is 155 Å². The molecule has 1 aromatic carbocycles. The molecule has 1 aliphatic heterocycles. The lowest BCUT2D eigenvalue weighted by Crippen LogP contribution is -2.33. The van der Waals surface area contributed by atoms with Crippen molar-refractivity contribution < 1.29 is 19.8 Å². The maximum absolute atomic E-state index is 12.2. The van der Waals surface area contributed by atoms with Crippen LogP contribution in [0, 0.1) is 0 Å². The third-order valence-electron chi connectivity index (χ3n) is 4.88. The molecule has 142 valence electrons. The molecule has 2 atom stereocenters. The molecule has 0 aliphatic carbocycles. The first-order valence-corrected chi connectivity index (χ1v) is 9.49. The molecule has 5 nitrogen and oxygen atoms in total. The van der Waals surface area contributed by atoms with Crippen molar-refractivity contribution in [2.75, 3.05) is 6.54 Å². The molecular formula is C21H29NO4. The third kappa shape index (κ3) is 5.99. The SMILES string of the molecule is CCCCC[C@@H](O)/C=C/C1CCC(=O)N1CCc1ccc(C(=O)O)cc1. The maximum Gasteiger partial charge on any atom is 0.335 e. The van der Waals surface area contributed by atoms with Gasteiger partial charge in [-0.25, -0.2) is 4.79 Å². The van der Waals surface area contributed by atoms with Gasteiger partial charge < -0.3 is 15.1 Å². The van der Waals surface area contributed by atoms with Gasteiger partial charge in [-0.05, 0) is 37.0 Å². The van der Waals surface area contributed by atoms with Crippen molar-refractivity contribution in [2.24, 2.45) is 0 Å². The highest BCUT2D eigenvalue weighted by molar-refractivity contribution is 5.87. The lowest BCUT2D eigenvalue weighted by atomic mass is 10.1.